The fourth-order valence-electron chi connectivity index (χ4n) is 5.21. The van der Waals surface area contributed by atoms with Crippen LogP contribution < -0.4 is 15.0 Å². The monoisotopic (exact) mass is 565 g/mol. The molecular weight excluding hydrogens is 542 g/mol. The summed E-state index contributed by atoms with van der Waals surface area (Å²) in [7, 11) is 0. The number of nitrogens with one attached hydrogen (secondary N) is 2. The van der Waals surface area contributed by atoms with Gasteiger partial charge < -0.3 is 9.72 Å². The van der Waals surface area contributed by atoms with Gasteiger partial charge in [0.2, 0.25) is 0 Å². The molecule has 2 N–H and O–H groups in total. The van der Waals surface area contributed by atoms with Gasteiger partial charge in [-0.1, -0.05) is 72.8 Å². The number of carbonyl (C=O) groups excluding carboxylic acids is 2. The van der Waals surface area contributed by atoms with Crippen LogP contribution >= 0.6 is 12.2 Å². The number of carbonyl (C=O) groups is 2. The number of aromatic nitrogens is 1. The minimum atomic E-state index is -0.542. The first kappa shape index (κ1) is 25.4. The molecule has 6 aromatic rings. The summed E-state index contributed by atoms with van der Waals surface area (Å²) in [5.74, 6) is 0.266. The molecule has 2 heterocycles. The molecule has 0 unspecified atom stereocenters. The maximum Gasteiger partial charge on any atom is 0.270 e. The highest BCUT2D eigenvalue weighted by molar-refractivity contribution is 7.80. The van der Waals surface area contributed by atoms with E-state index in [1.807, 2.05) is 72.8 Å². The lowest BCUT2D eigenvalue weighted by molar-refractivity contribution is -0.122. The summed E-state index contributed by atoms with van der Waals surface area (Å²) in [6, 6.07) is 38.6. The maximum atomic E-state index is 13.9. The van der Waals surface area contributed by atoms with Gasteiger partial charge in [0.25, 0.3) is 11.8 Å². The van der Waals surface area contributed by atoms with E-state index < -0.39 is 11.8 Å². The van der Waals surface area contributed by atoms with E-state index in [1.54, 1.807) is 30.3 Å². The first-order valence-corrected chi connectivity index (χ1v) is 13.8. The van der Waals surface area contributed by atoms with Crippen LogP contribution in [0.25, 0.3) is 39.0 Å². The number of benzene rings is 5. The molecule has 0 aliphatic carbocycles. The molecular formula is C35H23N3O3S. The van der Waals surface area contributed by atoms with Crippen molar-refractivity contribution in [3.05, 3.63) is 132 Å². The summed E-state index contributed by atoms with van der Waals surface area (Å²) in [5, 5.41) is 5.84. The number of rotatable bonds is 5. The largest absolute Gasteiger partial charge is 0.457 e. The second-order valence-corrected chi connectivity index (χ2v) is 10.3. The van der Waals surface area contributed by atoms with Gasteiger partial charge in [-0.3, -0.25) is 19.8 Å². The van der Waals surface area contributed by atoms with Crippen molar-refractivity contribution >= 4 is 62.6 Å². The quantitative estimate of drug-likeness (QED) is 0.128. The van der Waals surface area contributed by atoms with Crippen molar-refractivity contribution in [2.24, 2.45) is 0 Å². The fraction of sp³-hybridized carbons (Fsp3) is 0. The molecule has 1 aliphatic rings. The van der Waals surface area contributed by atoms with Crippen molar-refractivity contribution < 1.29 is 14.3 Å². The second-order valence-electron chi connectivity index (χ2n) is 9.89. The molecule has 0 saturated carbocycles. The van der Waals surface area contributed by atoms with Gasteiger partial charge in [-0.05, 0) is 83.2 Å². The summed E-state index contributed by atoms with van der Waals surface area (Å²) in [6.07, 6.45) is 1.66. The predicted octanol–water partition coefficient (Wildman–Crippen LogP) is 7.61. The Morgan fingerprint density at radius 1 is 0.714 bits per heavy atom. The summed E-state index contributed by atoms with van der Waals surface area (Å²) in [4.78, 5) is 31.9. The number of fused-ring (bicyclic) bond motifs is 2. The number of anilines is 1. The zero-order valence-corrected chi connectivity index (χ0v) is 23.0. The number of nitrogens with zero attached hydrogens (tertiary/aromatic N) is 1. The van der Waals surface area contributed by atoms with E-state index in [2.05, 4.69) is 34.6 Å². The van der Waals surface area contributed by atoms with E-state index in [1.165, 1.54) is 4.90 Å². The Morgan fingerprint density at radius 2 is 1.40 bits per heavy atom. The van der Waals surface area contributed by atoms with Crippen LogP contribution in [-0.4, -0.2) is 21.9 Å². The molecule has 2 amide bonds. The lowest BCUT2D eigenvalue weighted by Crippen LogP contribution is -2.54. The molecule has 0 atom stereocenters. The third-order valence-electron chi connectivity index (χ3n) is 7.25. The van der Waals surface area contributed by atoms with Crippen molar-refractivity contribution in [3.63, 3.8) is 0 Å². The standard InChI is InChI=1S/C35H23N3O3S/c39-33-30(34(40)38(35(42)37-33)25-16-18-27(19-17-25)41-26-10-2-1-3-11-26)21-29-28-12-6-7-13-31(28)36-32(29)24-15-14-22-8-4-5-9-23(22)20-24/h1-21,36H,(H,37,39,42). The lowest BCUT2D eigenvalue weighted by atomic mass is 9.99. The number of thiocarbonyl (C=S) groups is 1. The van der Waals surface area contributed by atoms with Gasteiger partial charge in [-0.15, -0.1) is 0 Å². The molecule has 7 heteroatoms. The van der Waals surface area contributed by atoms with Crippen LogP contribution in [0.2, 0.25) is 0 Å². The van der Waals surface area contributed by atoms with Crippen molar-refractivity contribution in [3.8, 4) is 22.8 Å². The highest BCUT2D eigenvalue weighted by atomic mass is 32.1. The third kappa shape index (κ3) is 4.62. The molecule has 202 valence electrons. The third-order valence-corrected chi connectivity index (χ3v) is 7.53. The highest BCUT2D eigenvalue weighted by Gasteiger charge is 2.35. The first-order valence-electron chi connectivity index (χ1n) is 13.4. The maximum absolute atomic E-state index is 13.9. The van der Waals surface area contributed by atoms with Crippen LogP contribution in [-0.2, 0) is 9.59 Å². The van der Waals surface area contributed by atoms with Crippen LogP contribution in [0.1, 0.15) is 5.56 Å². The Balaban J connectivity index is 1.28. The molecule has 42 heavy (non-hydrogen) atoms. The van der Waals surface area contributed by atoms with Crippen LogP contribution in [0.3, 0.4) is 0 Å². The average molecular weight is 566 g/mol. The van der Waals surface area contributed by atoms with Crippen LogP contribution in [0.5, 0.6) is 11.5 Å². The SMILES string of the molecule is O=C1NC(=S)N(c2ccc(Oc3ccccc3)cc2)C(=O)C1=Cc1c(-c2ccc3ccccc3c2)[nH]c2ccccc12. The van der Waals surface area contributed by atoms with Gasteiger partial charge >= 0.3 is 0 Å². The van der Waals surface area contributed by atoms with E-state index >= 15 is 0 Å². The molecule has 1 saturated heterocycles. The average Bonchev–Trinajstić information content (AvgIpc) is 3.38. The van der Waals surface area contributed by atoms with Crippen molar-refractivity contribution in [1.29, 1.82) is 0 Å². The minimum absolute atomic E-state index is 0.0139. The zero-order valence-electron chi connectivity index (χ0n) is 22.2. The molecule has 1 aliphatic heterocycles. The number of H-pyrrole nitrogens is 1. The van der Waals surface area contributed by atoms with Crippen molar-refractivity contribution in [2.75, 3.05) is 4.90 Å². The van der Waals surface area contributed by atoms with Crippen molar-refractivity contribution in [2.45, 2.75) is 0 Å². The van der Waals surface area contributed by atoms with Gasteiger partial charge in [0.05, 0.1) is 11.4 Å². The molecule has 5 aromatic carbocycles. The molecule has 1 aromatic heterocycles. The number of hydrogen-bond acceptors (Lipinski definition) is 4. The van der Waals surface area contributed by atoms with Gasteiger partial charge in [0.15, 0.2) is 5.11 Å². The van der Waals surface area contributed by atoms with E-state index in [0.717, 1.165) is 38.5 Å². The van der Waals surface area contributed by atoms with Crippen LogP contribution in [0, 0.1) is 0 Å². The Bertz CT molecular complexity index is 2050. The van der Waals surface area contributed by atoms with E-state index in [-0.39, 0.29) is 10.7 Å². The Morgan fingerprint density at radius 3 is 2.21 bits per heavy atom. The number of ether oxygens (including phenoxy) is 1. The summed E-state index contributed by atoms with van der Waals surface area (Å²) < 4.78 is 5.88. The molecule has 1 fully saturated rings. The smallest absolute Gasteiger partial charge is 0.270 e. The van der Waals surface area contributed by atoms with E-state index in [9.17, 15) is 9.59 Å². The summed E-state index contributed by atoms with van der Waals surface area (Å²) in [6.45, 7) is 0. The van der Waals surface area contributed by atoms with Gasteiger partial charge in [0, 0.05) is 16.5 Å². The Kier molecular flexibility index (Phi) is 6.34. The van der Waals surface area contributed by atoms with Gasteiger partial charge in [-0.25, -0.2) is 0 Å². The van der Waals surface area contributed by atoms with E-state index in [4.69, 9.17) is 17.0 Å². The lowest BCUT2D eigenvalue weighted by Gasteiger charge is -2.29. The predicted molar refractivity (Wildman–Crippen MR) is 170 cm³/mol. The number of aromatic amines is 1. The Labute approximate surface area is 246 Å². The Hall–Kier alpha value is -5.53. The molecule has 6 nitrogen and oxygen atoms in total. The molecule has 0 bridgehead atoms. The molecule has 0 radical (unpaired) electrons. The van der Waals surface area contributed by atoms with E-state index in [0.29, 0.717) is 17.2 Å². The number of amides is 2. The zero-order chi connectivity index (χ0) is 28.6. The first-order chi connectivity index (χ1) is 20.5. The normalized spacial score (nSPS) is 14.5. The summed E-state index contributed by atoms with van der Waals surface area (Å²) >= 11 is 5.43. The van der Waals surface area contributed by atoms with Gasteiger partial charge in [-0.2, -0.15) is 0 Å². The fourth-order valence-corrected chi connectivity index (χ4v) is 5.49. The summed E-state index contributed by atoms with van der Waals surface area (Å²) in [5.41, 5.74) is 3.92. The number of hydrogen-bond donors (Lipinski definition) is 2. The second kappa shape index (κ2) is 10.5. The number of para-hydroxylation sites is 2. The highest BCUT2D eigenvalue weighted by Crippen LogP contribution is 2.35. The minimum Gasteiger partial charge on any atom is -0.457 e. The van der Waals surface area contributed by atoms with Gasteiger partial charge in [0.1, 0.15) is 17.1 Å². The topological polar surface area (TPSA) is 74.4 Å². The molecule has 0 spiro atoms. The van der Waals surface area contributed by atoms with Crippen LogP contribution in [0.4, 0.5) is 5.69 Å². The van der Waals surface area contributed by atoms with Crippen LogP contribution in [0.15, 0.2) is 127 Å². The van der Waals surface area contributed by atoms with Crippen molar-refractivity contribution in [1.82, 2.24) is 10.3 Å². The molecule has 7 rings (SSSR count).